The van der Waals surface area contributed by atoms with Crippen molar-refractivity contribution in [2.75, 3.05) is 19.7 Å². The number of nitriles is 1. The smallest absolute Gasteiger partial charge is 0.419 e. The fourth-order valence-corrected chi connectivity index (χ4v) is 4.68. The molecular weight excluding hydrogens is 521 g/mol. The largest absolute Gasteiger partial charge is 0.493 e. The normalized spacial score (nSPS) is 14.8. The molecule has 3 aromatic heterocycles. The second-order valence-electron chi connectivity index (χ2n) is 9.18. The zero-order valence-corrected chi connectivity index (χ0v) is 21.4. The van der Waals surface area contributed by atoms with Crippen molar-refractivity contribution >= 4 is 23.4 Å². The molecule has 0 aliphatic carbocycles. The average molecular weight is 547 g/mol. The van der Waals surface area contributed by atoms with Crippen molar-refractivity contribution in [2.24, 2.45) is 13.0 Å². The van der Waals surface area contributed by atoms with Crippen LogP contribution in [-0.4, -0.2) is 44.1 Å². The number of alkyl halides is 3. The van der Waals surface area contributed by atoms with Crippen molar-refractivity contribution in [3.05, 3.63) is 60.2 Å². The number of aromatic nitrogens is 4. The van der Waals surface area contributed by atoms with Crippen LogP contribution in [0.3, 0.4) is 0 Å². The number of hydrogen-bond donors (Lipinski definition) is 0. The number of ether oxygens (including phenoxy) is 1. The van der Waals surface area contributed by atoms with Gasteiger partial charge in [-0.15, -0.1) is 12.4 Å². The van der Waals surface area contributed by atoms with Crippen LogP contribution in [0, 0.1) is 17.2 Å². The van der Waals surface area contributed by atoms with Gasteiger partial charge in [0, 0.05) is 12.6 Å². The molecule has 200 valence electrons. The summed E-state index contributed by atoms with van der Waals surface area (Å²) in [6.07, 6.45) is 2.68. The highest BCUT2D eigenvalue weighted by atomic mass is 35.5. The molecule has 1 aliphatic heterocycles. The first-order chi connectivity index (χ1) is 17.8. The second kappa shape index (κ2) is 11.4. The Morgan fingerprint density at radius 2 is 1.97 bits per heavy atom. The number of piperidine rings is 1. The van der Waals surface area contributed by atoms with E-state index in [-0.39, 0.29) is 41.7 Å². The molecule has 5 rings (SSSR count). The molecule has 8 nitrogen and oxygen atoms in total. The lowest BCUT2D eigenvalue weighted by atomic mass is 9.94. The molecule has 0 atom stereocenters. The number of hydrogen-bond acceptors (Lipinski definition) is 7. The highest BCUT2D eigenvalue weighted by Gasteiger charge is 2.35. The number of oxazole rings is 1. The second-order valence-corrected chi connectivity index (χ2v) is 9.18. The van der Waals surface area contributed by atoms with E-state index >= 15 is 0 Å². The molecule has 4 aromatic rings. The van der Waals surface area contributed by atoms with Gasteiger partial charge in [-0.3, -0.25) is 4.90 Å². The summed E-state index contributed by atoms with van der Waals surface area (Å²) in [5, 5.41) is 9.45. The lowest BCUT2D eigenvalue weighted by Gasteiger charge is -2.31. The maximum atomic E-state index is 14.0. The van der Waals surface area contributed by atoms with Gasteiger partial charge in [0.05, 0.1) is 42.4 Å². The van der Waals surface area contributed by atoms with E-state index in [1.54, 1.807) is 30.1 Å². The van der Waals surface area contributed by atoms with Crippen LogP contribution in [0.4, 0.5) is 13.2 Å². The summed E-state index contributed by atoms with van der Waals surface area (Å²) in [4.78, 5) is 14.8. The summed E-state index contributed by atoms with van der Waals surface area (Å²) in [7, 11) is 1.75. The van der Waals surface area contributed by atoms with Crippen molar-refractivity contribution in [1.82, 2.24) is 24.4 Å². The van der Waals surface area contributed by atoms with Gasteiger partial charge in [-0.2, -0.15) is 18.4 Å². The SMILES string of the molecule is Cl.Cn1cnc2c(C#N)nc(-c3ccc(OCCC4CCN(Cc5ncco5)CC4)c(C(F)(F)F)c3)cc21. The summed E-state index contributed by atoms with van der Waals surface area (Å²) in [5.74, 6) is 0.859. The molecule has 1 fully saturated rings. The Hall–Kier alpha value is -3.62. The molecule has 0 bridgehead atoms. The van der Waals surface area contributed by atoms with Crippen molar-refractivity contribution in [3.8, 4) is 23.1 Å². The van der Waals surface area contributed by atoms with Crippen LogP contribution in [0.25, 0.3) is 22.3 Å². The summed E-state index contributed by atoms with van der Waals surface area (Å²) in [6.45, 7) is 2.63. The molecule has 12 heteroatoms. The first-order valence-electron chi connectivity index (χ1n) is 12.0. The number of imidazole rings is 1. The number of likely N-dealkylation sites (tertiary alicyclic amines) is 1. The van der Waals surface area contributed by atoms with E-state index in [1.165, 1.54) is 18.5 Å². The monoisotopic (exact) mass is 546 g/mol. The molecule has 0 saturated carbocycles. The molecule has 0 amide bonds. The Kier molecular flexibility index (Phi) is 8.23. The molecule has 0 unspecified atom stereocenters. The Morgan fingerprint density at radius 1 is 1.18 bits per heavy atom. The number of nitrogens with zero attached hydrogens (tertiary/aromatic N) is 6. The summed E-state index contributed by atoms with van der Waals surface area (Å²) >= 11 is 0. The lowest BCUT2D eigenvalue weighted by Crippen LogP contribution is -2.33. The number of rotatable bonds is 7. The summed E-state index contributed by atoms with van der Waals surface area (Å²) in [6, 6.07) is 7.51. The zero-order valence-electron chi connectivity index (χ0n) is 20.6. The van der Waals surface area contributed by atoms with E-state index < -0.39 is 11.7 Å². The van der Waals surface area contributed by atoms with Crippen LogP contribution >= 0.6 is 12.4 Å². The highest BCUT2D eigenvalue weighted by Crippen LogP contribution is 2.39. The average Bonchev–Trinajstić information content (AvgIpc) is 3.54. The van der Waals surface area contributed by atoms with Gasteiger partial charge >= 0.3 is 6.18 Å². The molecule has 0 spiro atoms. The molecule has 4 heterocycles. The first kappa shape index (κ1) is 27.4. The minimum atomic E-state index is -4.61. The Bertz CT molecular complexity index is 1420. The van der Waals surface area contributed by atoms with Gasteiger partial charge in [-0.25, -0.2) is 15.0 Å². The molecule has 0 N–H and O–H groups in total. The van der Waals surface area contributed by atoms with Crippen LogP contribution in [-0.2, 0) is 19.8 Å². The minimum absolute atomic E-state index is 0. The number of halogens is 4. The van der Waals surface area contributed by atoms with Crippen LogP contribution < -0.4 is 4.74 Å². The van der Waals surface area contributed by atoms with Crippen molar-refractivity contribution < 1.29 is 22.3 Å². The van der Waals surface area contributed by atoms with E-state index in [0.717, 1.165) is 32.0 Å². The molecule has 1 aromatic carbocycles. The van der Waals surface area contributed by atoms with Gasteiger partial charge < -0.3 is 13.7 Å². The van der Waals surface area contributed by atoms with E-state index in [2.05, 4.69) is 19.9 Å². The maximum absolute atomic E-state index is 14.0. The fraction of sp³-hybridized carbons (Fsp3) is 0.385. The third kappa shape index (κ3) is 5.92. The molecule has 1 aliphatic rings. The third-order valence-electron chi connectivity index (χ3n) is 6.73. The maximum Gasteiger partial charge on any atom is 0.419 e. The number of fused-ring (bicyclic) bond motifs is 1. The van der Waals surface area contributed by atoms with E-state index in [4.69, 9.17) is 9.15 Å². The number of aryl methyl sites for hydroxylation is 1. The van der Waals surface area contributed by atoms with Crippen LogP contribution in [0.15, 0.2) is 47.5 Å². The highest BCUT2D eigenvalue weighted by molar-refractivity contribution is 5.85. The predicted octanol–water partition coefficient (Wildman–Crippen LogP) is 5.62. The Morgan fingerprint density at radius 3 is 2.66 bits per heavy atom. The van der Waals surface area contributed by atoms with Crippen LogP contribution in [0.5, 0.6) is 5.75 Å². The summed E-state index contributed by atoms with van der Waals surface area (Å²) < 4.78 is 54.5. The van der Waals surface area contributed by atoms with E-state index in [0.29, 0.717) is 35.8 Å². The van der Waals surface area contributed by atoms with E-state index in [1.807, 2.05) is 6.07 Å². The van der Waals surface area contributed by atoms with Crippen molar-refractivity contribution in [2.45, 2.75) is 32.0 Å². The van der Waals surface area contributed by atoms with E-state index in [9.17, 15) is 18.4 Å². The fourth-order valence-electron chi connectivity index (χ4n) is 4.68. The Labute approximate surface area is 223 Å². The molecule has 1 saturated heterocycles. The van der Waals surface area contributed by atoms with Gasteiger partial charge in [0.2, 0.25) is 5.89 Å². The molecule has 38 heavy (non-hydrogen) atoms. The standard InChI is InChI=1S/C26H25F3N6O2.ClH/c1-34-16-32-25-21(14-30)33-20(13-22(25)34)18-2-3-23(19(12-18)26(27,28)29)36-10-6-17-4-8-35(9-5-17)15-24-31-7-11-37-24;/h2-3,7,11-13,16-17H,4-6,8-10,15H2,1H3;1H. The molecular formula is C26H26ClF3N6O2. The zero-order chi connectivity index (χ0) is 26.0. The number of benzene rings is 1. The van der Waals surface area contributed by atoms with Crippen molar-refractivity contribution in [3.63, 3.8) is 0 Å². The van der Waals surface area contributed by atoms with Gasteiger partial charge in [0.1, 0.15) is 23.6 Å². The Balaban J connectivity index is 0.00000336. The first-order valence-corrected chi connectivity index (χ1v) is 12.0. The predicted molar refractivity (Wildman–Crippen MR) is 136 cm³/mol. The quantitative estimate of drug-likeness (QED) is 0.297. The molecule has 0 radical (unpaired) electrons. The van der Waals surface area contributed by atoms with Gasteiger partial charge in [-0.05, 0) is 62.5 Å². The van der Waals surface area contributed by atoms with Crippen LogP contribution in [0.2, 0.25) is 0 Å². The lowest BCUT2D eigenvalue weighted by molar-refractivity contribution is -0.138. The minimum Gasteiger partial charge on any atom is -0.493 e. The van der Waals surface area contributed by atoms with Crippen LogP contribution in [0.1, 0.15) is 36.4 Å². The third-order valence-corrected chi connectivity index (χ3v) is 6.73. The van der Waals surface area contributed by atoms with Gasteiger partial charge in [-0.1, -0.05) is 0 Å². The van der Waals surface area contributed by atoms with Gasteiger partial charge in [0.15, 0.2) is 5.69 Å². The van der Waals surface area contributed by atoms with Crippen molar-refractivity contribution in [1.29, 1.82) is 5.26 Å². The summed E-state index contributed by atoms with van der Waals surface area (Å²) in [5.41, 5.74) is 0.735. The van der Waals surface area contributed by atoms with Gasteiger partial charge in [0.25, 0.3) is 0 Å². The topological polar surface area (TPSA) is 93.0 Å². The number of pyridine rings is 1.